The molecule has 2 aliphatic rings. The Morgan fingerprint density at radius 3 is 2.59 bits per heavy atom. The van der Waals surface area contributed by atoms with Crippen molar-refractivity contribution in [3.8, 4) is 0 Å². The predicted molar refractivity (Wildman–Crippen MR) is 100 cm³/mol. The number of aromatic nitrogens is 2. The van der Waals surface area contributed by atoms with E-state index in [0.29, 0.717) is 30.2 Å². The van der Waals surface area contributed by atoms with Crippen LogP contribution in [0.2, 0.25) is 0 Å². The Morgan fingerprint density at radius 2 is 1.93 bits per heavy atom. The Bertz CT molecular complexity index is 1030. The van der Waals surface area contributed by atoms with Gasteiger partial charge in [-0.15, -0.1) is 4.40 Å². The first-order valence-electron chi connectivity index (χ1n) is 8.86. The van der Waals surface area contributed by atoms with Crippen molar-refractivity contribution >= 4 is 21.8 Å². The highest BCUT2D eigenvalue weighted by atomic mass is 32.2. The molecular formula is C18H21N5O3S. The first kappa shape index (κ1) is 17.7. The minimum atomic E-state index is -3.61. The molecule has 3 heterocycles. The molecule has 27 heavy (non-hydrogen) atoms. The summed E-state index contributed by atoms with van der Waals surface area (Å²) in [6.07, 6.45) is 1.45. The second-order valence-corrected chi connectivity index (χ2v) is 8.49. The minimum absolute atomic E-state index is 0.0396. The van der Waals surface area contributed by atoms with Gasteiger partial charge >= 0.3 is 0 Å². The van der Waals surface area contributed by atoms with Gasteiger partial charge in [0.15, 0.2) is 5.84 Å². The summed E-state index contributed by atoms with van der Waals surface area (Å²) in [5.74, 6) is 0.375. The minimum Gasteiger partial charge on any atom is -0.355 e. The molecule has 9 heteroatoms. The van der Waals surface area contributed by atoms with Crippen LogP contribution < -0.4 is 5.32 Å². The number of carbonyl (C=O) groups excluding carboxylic acids is 1. The van der Waals surface area contributed by atoms with Crippen LogP contribution in [0.15, 0.2) is 39.6 Å². The van der Waals surface area contributed by atoms with Gasteiger partial charge in [-0.1, -0.05) is 12.1 Å². The summed E-state index contributed by atoms with van der Waals surface area (Å²) < 4.78 is 30.0. The summed E-state index contributed by atoms with van der Waals surface area (Å²) in [7, 11) is -1.86. The topological polar surface area (TPSA) is 96.7 Å². The second-order valence-electron chi connectivity index (χ2n) is 6.92. The lowest BCUT2D eigenvalue weighted by molar-refractivity contribution is 0.0913. The summed E-state index contributed by atoms with van der Waals surface area (Å²) >= 11 is 0. The van der Waals surface area contributed by atoms with E-state index in [4.69, 9.17) is 0 Å². The Kier molecular flexibility index (Phi) is 4.26. The lowest BCUT2D eigenvalue weighted by Crippen LogP contribution is -2.46. The van der Waals surface area contributed by atoms with Crippen LogP contribution in [0.25, 0.3) is 0 Å². The Labute approximate surface area is 157 Å². The number of aryl methyl sites for hydroxylation is 2. The lowest BCUT2D eigenvalue weighted by atomic mass is 10.0. The van der Waals surface area contributed by atoms with Gasteiger partial charge in [0, 0.05) is 31.7 Å². The van der Waals surface area contributed by atoms with Crippen LogP contribution in [-0.2, 0) is 17.1 Å². The maximum Gasteiger partial charge on any atom is 0.285 e. The monoisotopic (exact) mass is 387 g/mol. The van der Waals surface area contributed by atoms with Gasteiger partial charge in [0.2, 0.25) is 0 Å². The number of hydrogen-bond donors (Lipinski definition) is 1. The SMILES string of the molecule is Cc1cc(C(=O)NC2CCN(C3=NS(=O)(=O)c4ccccc43)CC2)n(C)n1. The molecule has 0 saturated carbocycles. The fourth-order valence-electron chi connectivity index (χ4n) is 3.63. The third-order valence-electron chi connectivity index (χ3n) is 4.98. The van der Waals surface area contributed by atoms with E-state index in [1.165, 1.54) is 0 Å². The van der Waals surface area contributed by atoms with Crippen LogP contribution in [0.1, 0.15) is 34.6 Å². The molecule has 2 aliphatic heterocycles. The average molecular weight is 387 g/mol. The molecule has 1 saturated heterocycles. The molecule has 0 unspecified atom stereocenters. The number of nitrogens with zero attached hydrogens (tertiary/aromatic N) is 4. The number of amidine groups is 1. The normalized spacial score (nSPS) is 18.9. The number of sulfonamides is 1. The second kappa shape index (κ2) is 6.49. The van der Waals surface area contributed by atoms with Crippen molar-refractivity contribution in [1.29, 1.82) is 0 Å². The molecule has 4 rings (SSSR count). The molecule has 1 aromatic heterocycles. The summed E-state index contributed by atoms with van der Waals surface area (Å²) in [5.41, 5.74) is 2.00. The van der Waals surface area contributed by atoms with E-state index < -0.39 is 10.0 Å². The van der Waals surface area contributed by atoms with E-state index in [2.05, 4.69) is 14.8 Å². The van der Waals surface area contributed by atoms with Gasteiger partial charge in [-0.3, -0.25) is 9.48 Å². The van der Waals surface area contributed by atoms with Gasteiger partial charge in [-0.25, -0.2) is 0 Å². The van der Waals surface area contributed by atoms with Gasteiger partial charge in [-0.05, 0) is 38.0 Å². The molecule has 1 fully saturated rings. The Hall–Kier alpha value is -2.68. The molecule has 142 valence electrons. The van der Waals surface area contributed by atoms with Gasteiger partial charge < -0.3 is 10.2 Å². The molecule has 0 spiro atoms. The quantitative estimate of drug-likeness (QED) is 0.832. The van der Waals surface area contributed by atoms with E-state index in [1.807, 2.05) is 17.9 Å². The third-order valence-corrected chi connectivity index (χ3v) is 6.30. The number of rotatable bonds is 2. The van der Waals surface area contributed by atoms with Crippen LogP contribution in [0.3, 0.4) is 0 Å². The highest BCUT2D eigenvalue weighted by molar-refractivity contribution is 7.90. The van der Waals surface area contributed by atoms with Crippen LogP contribution in [0.4, 0.5) is 0 Å². The van der Waals surface area contributed by atoms with Crippen molar-refractivity contribution in [2.45, 2.75) is 30.7 Å². The van der Waals surface area contributed by atoms with Gasteiger partial charge in [-0.2, -0.15) is 13.5 Å². The molecule has 1 amide bonds. The average Bonchev–Trinajstić information content (AvgIpc) is 3.12. The fraction of sp³-hybridized carbons (Fsp3) is 0.389. The molecule has 0 bridgehead atoms. The van der Waals surface area contributed by atoms with Gasteiger partial charge in [0.1, 0.15) is 10.6 Å². The molecule has 0 aliphatic carbocycles. The fourth-order valence-corrected chi connectivity index (χ4v) is 4.86. The largest absolute Gasteiger partial charge is 0.355 e. The molecular weight excluding hydrogens is 366 g/mol. The first-order chi connectivity index (χ1) is 12.8. The molecule has 0 radical (unpaired) electrons. The molecule has 8 nitrogen and oxygen atoms in total. The maximum absolute atomic E-state index is 12.4. The van der Waals surface area contributed by atoms with Gasteiger partial charge in [0.25, 0.3) is 15.9 Å². The Balaban J connectivity index is 1.43. The zero-order valence-corrected chi connectivity index (χ0v) is 16.0. The van der Waals surface area contributed by atoms with E-state index in [0.717, 1.165) is 18.5 Å². The van der Waals surface area contributed by atoms with E-state index in [-0.39, 0.29) is 16.8 Å². The van der Waals surface area contributed by atoms with Crippen LogP contribution in [0, 0.1) is 6.92 Å². The van der Waals surface area contributed by atoms with E-state index >= 15 is 0 Å². The number of amides is 1. The molecule has 1 N–H and O–H groups in total. The number of piperidine rings is 1. The van der Waals surface area contributed by atoms with Crippen LogP contribution in [-0.4, -0.2) is 54.0 Å². The number of benzene rings is 1. The third kappa shape index (κ3) is 3.23. The standard InChI is InChI=1S/C18H21N5O3S/c1-12-11-15(22(2)20-12)18(24)19-13-7-9-23(10-8-13)17-14-5-3-4-6-16(14)27(25,26)21-17/h3-6,11,13H,7-10H2,1-2H3,(H,19,24). The van der Waals surface area contributed by atoms with Crippen molar-refractivity contribution < 1.29 is 13.2 Å². The van der Waals surface area contributed by atoms with E-state index in [9.17, 15) is 13.2 Å². The number of likely N-dealkylation sites (tertiary alicyclic amines) is 1. The predicted octanol–water partition coefficient (Wildman–Crippen LogP) is 1.07. The first-order valence-corrected chi connectivity index (χ1v) is 10.3. The number of carbonyl (C=O) groups is 1. The summed E-state index contributed by atoms with van der Waals surface area (Å²) in [4.78, 5) is 14.7. The van der Waals surface area contributed by atoms with Crippen molar-refractivity contribution in [2.75, 3.05) is 13.1 Å². The van der Waals surface area contributed by atoms with Crippen molar-refractivity contribution in [2.24, 2.45) is 11.4 Å². The van der Waals surface area contributed by atoms with Crippen molar-refractivity contribution in [1.82, 2.24) is 20.0 Å². The van der Waals surface area contributed by atoms with Crippen LogP contribution in [0.5, 0.6) is 0 Å². The highest BCUT2D eigenvalue weighted by Crippen LogP contribution is 2.28. The molecule has 1 aromatic carbocycles. The van der Waals surface area contributed by atoms with E-state index in [1.54, 1.807) is 36.0 Å². The van der Waals surface area contributed by atoms with Crippen molar-refractivity contribution in [3.05, 3.63) is 47.3 Å². The maximum atomic E-state index is 12.4. The number of nitrogens with one attached hydrogen (secondary N) is 1. The van der Waals surface area contributed by atoms with Gasteiger partial charge in [0.05, 0.1) is 5.69 Å². The van der Waals surface area contributed by atoms with Crippen LogP contribution >= 0.6 is 0 Å². The Morgan fingerprint density at radius 1 is 1.22 bits per heavy atom. The summed E-state index contributed by atoms with van der Waals surface area (Å²) in [6.45, 7) is 3.12. The van der Waals surface area contributed by atoms with Crippen molar-refractivity contribution in [3.63, 3.8) is 0 Å². The summed E-state index contributed by atoms with van der Waals surface area (Å²) in [5, 5.41) is 7.25. The highest BCUT2D eigenvalue weighted by Gasteiger charge is 2.33. The summed E-state index contributed by atoms with van der Waals surface area (Å²) in [6, 6.07) is 8.70. The molecule has 2 aromatic rings. The lowest BCUT2D eigenvalue weighted by Gasteiger charge is -2.33. The number of fused-ring (bicyclic) bond motifs is 1. The zero-order valence-electron chi connectivity index (χ0n) is 15.2. The zero-order chi connectivity index (χ0) is 19.2. The smallest absolute Gasteiger partial charge is 0.285 e. The molecule has 0 atom stereocenters. The number of hydrogen-bond acceptors (Lipinski definition) is 5.